The second-order valence-electron chi connectivity index (χ2n) is 6.19. The van der Waals surface area contributed by atoms with Gasteiger partial charge >= 0.3 is 0 Å². The van der Waals surface area contributed by atoms with Gasteiger partial charge in [0.25, 0.3) is 5.91 Å². The molecule has 1 N–H and O–H groups in total. The average molecular weight is 373 g/mol. The van der Waals surface area contributed by atoms with E-state index in [0.29, 0.717) is 17.2 Å². The molecule has 0 saturated carbocycles. The van der Waals surface area contributed by atoms with Gasteiger partial charge in [0.15, 0.2) is 6.61 Å². The zero-order chi connectivity index (χ0) is 19.3. The molecule has 6 nitrogen and oxygen atoms in total. The number of hydrogen-bond acceptors (Lipinski definition) is 4. The summed E-state index contributed by atoms with van der Waals surface area (Å²) in [6, 6.07) is 20.6. The molecule has 1 amide bonds. The van der Waals surface area contributed by atoms with Crippen LogP contribution in [0, 0.1) is 0 Å². The monoisotopic (exact) mass is 373 g/mol. The Kier molecular flexibility index (Phi) is 4.93. The maximum absolute atomic E-state index is 12.1. The number of benzene rings is 2. The highest BCUT2D eigenvalue weighted by atomic mass is 16.5. The van der Waals surface area contributed by atoms with E-state index in [4.69, 9.17) is 9.47 Å². The Balaban J connectivity index is 1.37. The van der Waals surface area contributed by atoms with Crippen molar-refractivity contribution in [1.29, 1.82) is 0 Å². The summed E-state index contributed by atoms with van der Waals surface area (Å²) >= 11 is 0. The van der Waals surface area contributed by atoms with Crippen LogP contribution in [0.4, 0.5) is 5.69 Å². The van der Waals surface area contributed by atoms with E-state index in [0.717, 1.165) is 16.9 Å². The van der Waals surface area contributed by atoms with Crippen LogP contribution in [0.15, 0.2) is 79.1 Å². The number of nitrogens with one attached hydrogen (secondary N) is 1. The van der Waals surface area contributed by atoms with Crippen LogP contribution in [-0.2, 0) is 4.79 Å². The zero-order valence-corrected chi connectivity index (χ0v) is 15.3. The Labute approximate surface area is 162 Å². The van der Waals surface area contributed by atoms with Gasteiger partial charge in [0, 0.05) is 29.7 Å². The van der Waals surface area contributed by atoms with Gasteiger partial charge in [-0.3, -0.25) is 4.79 Å². The van der Waals surface area contributed by atoms with E-state index in [1.165, 1.54) is 0 Å². The summed E-state index contributed by atoms with van der Waals surface area (Å²) in [5.41, 5.74) is 3.45. The van der Waals surface area contributed by atoms with Crippen molar-refractivity contribution in [3.8, 4) is 22.8 Å². The van der Waals surface area contributed by atoms with Crippen LogP contribution in [0.3, 0.4) is 0 Å². The summed E-state index contributed by atoms with van der Waals surface area (Å²) < 4.78 is 12.6. The van der Waals surface area contributed by atoms with Crippen LogP contribution in [-0.4, -0.2) is 29.0 Å². The number of rotatable bonds is 6. The molecule has 0 bridgehead atoms. The van der Waals surface area contributed by atoms with Gasteiger partial charge in [-0.25, -0.2) is 4.98 Å². The molecule has 0 aliphatic rings. The molecule has 4 aromatic rings. The predicted octanol–water partition coefficient (Wildman–Crippen LogP) is 4.03. The Morgan fingerprint density at radius 3 is 2.64 bits per heavy atom. The second-order valence-corrected chi connectivity index (χ2v) is 6.19. The summed E-state index contributed by atoms with van der Waals surface area (Å²) in [4.78, 5) is 16.7. The molecule has 0 spiro atoms. The third-order valence-corrected chi connectivity index (χ3v) is 4.24. The number of aromatic nitrogens is 2. The highest BCUT2D eigenvalue weighted by Crippen LogP contribution is 2.22. The van der Waals surface area contributed by atoms with Crippen molar-refractivity contribution >= 4 is 17.2 Å². The van der Waals surface area contributed by atoms with Gasteiger partial charge in [-0.15, -0.1) is 0 Å². The van der Waals surface area contributed by atoms with Gasteiger partial charge in [-0.05, 0) is 36.4 Å². The Bertz CT molecular complexity index is 1070. The Morgan fingerprint density at radius 1 is 1.04 bits per heavy atom. The molecular weight excluding hydrogens is 354 g/mol. The van der Waals surface area contributed by atoms with Gasteiger partial charge in [-0.2, -0.15) is 0 Å². The number of carbonyl (C=O) groups is 1. The van der Waals surface area contributed by atoms with Gasteiger partial charge in [0.2, 0.25) is 0 Å². The lowest BCUT2D eigenvalue weighted by molar-refractivity contribution is -0.118. The Morgan fingerprint density at radius 2 is 1.86 bits per heavy atom. The van der Waals surface area contributed by atoms with Gasteiger partial charge in [0.05, 0.1) is 12.8 Å². The number of fused-ring (bicyclic) bond motifs is 1. The van der Waals surface area contributed by atoms with Crippen molar-refractivity contribution in [2.75, 3.05) is 19.0 Å². The molecule has 0 fully saturated rings. The first-order valence-corrected chi connectivity index (χ1v) is 8.82. The summed E-state index contributed by atoms with van der Waals surface area (Å²) in [6.45, 7) is -0.0820. The summed E-state index contributed by atoms with van der Waals surface area (Å²) in [5.74, 6) is 1.03. The second kappa shape index (κ2) is 7.84. The third kappa shape index (κ3) is 3.96. The molecule has 0 unspecified atom stereocenters. The summed E-state index contributed by atoms with van der Waals surface area (Å²) in [6.07, 6.45) is 3.94. The van der Waals surface area contributed by atoms with Crippen molar-refractivity contribution in [1.82, 2.24) is 9.38 Å². The van der Waals surface area contributed by atoms with Crippen LogP contribution >= 0.6 is 0 Å². The largest absolute Gasteiger partial charge is 0.497 e. The van der Waals surface area contributed by atoms with E-state index in [-0.39, 0.29) is 12.5 Å². The highest BCUT2D eigenvalue weighted by Gasteiger charge is 2.07. The lowest BCUT2D eigenvalue weighted by atomic mass is 10.1. The normalized spacial score (nSPS) is 10.6. The number of methoxy groups -OCH3 is 1. The van der Waals surface area contributed by atoms with E-state index in [1.54, 1.807) is 19.2 Å². The number of pyridine rings is 1. The van der Waals surface area contributed by atoms with E-state index in [1.807, 2.05) is 71.4 Å². The fourth-order valence-corrected chi connectivity index (χ4v) is 2.83. The molecule has 140 valence electrons. The highest BCUT2D eigenvalue weighted by molar-refractivity contribution is 5.92. The predicted molar refractivity (Wildman–Crippen MR) is 108 cm³/mol. The minimum Gasteiger partial charge on any atom is -0.497 e. The molecule has 2 heterocycles. The van der Waals surface area contributed by atoms with Gasteiger partial charge in [0.1, 0.15) is 17.1 Å². The van der Waals surface area contributed by atoms with Crippen molar-refractivity contribution in [2.45, 2.75) is 0 Å². The molecule has 6 heteroatoms. The first-order valence-electron chi connectivity index (χ1n) is 8.82. The maximum Gasteiger partial charge on any atom is 0.262 e. The molecule has 0 aliphatic carbocycles. The third-order valence-electron chi connectivity index (χ3n) is 4.24. The molecular formula is C22H19N3O3. The van der Waals surface area contributed by atoms with E-state index >= 15 is 0 Å². The van der Waals surface area contributed by atoms with Crippen LogP contribution in [0.1, 0.15) is 0 Å². The van der Waals surface area contributed by atoms with Crippen LogP contribution in [0.25, 0.3) is 16.9 Å². The molecule has 0 radical (unpaired) electrons. The fraction of sp³-hybridized carbons (Fsp3) is 0.0909. The average Bonchev–Trinajstić information content (AvgIpc) is 3.17. The first-order chi connectivity index (χ1) is 13.7. The number of anilines is 1. The maximum atomic E-state index is 12.1. The van der Waals surface area contributed by atoms with E-state index in [9.17, 15) is 4.79 Å². The number of carbonyl (C=O) groups excluding carboxylic acids is 1. The number of ether oxygens (including phenoxy) is 2. The summed E-state index contributed by atoms with van der Waals surface area (Å²) in [5, 5.41) is 2.83. The molecule has 2 aromatic heterocycles. The number of hydrogen-bond donors (Lipinski definition) is 1. The van der Waals surface area contributed by atoms with Crippen LogP contribution in [0.5, 0.6) is 11.5 Å². The van der Waals surface area contributed by atoms with Crippen molar-refractivity contribution in [2.24, 2.45) is 0 Å². The smallest absolute Gasteiger partial charge is 0.262 e. The van der Waals surface area contributed by atoms with Gasteiger partial charge in [-0.1, -0.05) is 24.3 Å². The minimum atomic E-state index is -0.233. The number of nitrogens with zero attached hydrogens (tertiary/aromatic N) is 2. The van der Waals surface area contributed by atoms with E-state index < -0.39 is 0 Å². The van der Waals surface area contributed by atoms with Crippen molar-refractivity contribution in [3.63, 3.8) is 0 Å². The topological polar surface area (TPSA) is 64.9 Å². The fourth-order valence-electron chi connectivity index (χ4n) is 2.83. The number of imidazole rings is 1. The lowest BCUT2D eigenvalue weighted by Gasteiger charge is -2.09. The van der Waals surface area contributed by atoms with Crippen LogP contribution in [0.2, 0.25) is 0 Å². The molecule has 2 aromatic carbocycles. The quantitative estimate of drug-likeness (QED) is 0.554. The van der Waals surface area contributed by atoms with E-state index in [2.05, 4.69) is 10.3 Å². The first kappa shape index (κ1) is 17.6. The molecule has 4 rings (SSSR count). The number of amides is 1. The SMILES string of the molecule is COc1cccc(OCC(=O)Nc2ccc(-c3cn4ccccc4n3)cc2)c1. The molecule has 0 atom stereocenters. The summed E-state index contributed by atoms with van der Waals surface area (Å²) in [7, 11) is 1.59. The minimum absolute atomic E-state index is 0.0820. The van der Waals surface area contributed by atoms with Crippen molar-refractivity contribution < 1.29 is 14.3 Å². The molecule has 0 aliphatic heterocycles. The standard InChI is InChI=1S/C22H19N3O3/c1-27-18-5-4-6-19(13-18)28-15-22(26)23-17-10-8-16(9-11-17)20-14-25-12-3-2-7-21(25)24-20/h2-14H,15H2,1H3,(H,23,26). The van der Waals surface area contributed by atoms with Crippen LogP contribution < -0.4 is 14.8 Å². The van der Waals surface area contributed by atoms with Gasteiger partial charge < -0.3 is 19.2 Å². The molecule has 28 heavy (non-hydrogen) atoms. The lowest BCUT2D eigenvalue weighted by Crippen LogP contribution is -2.20. The molecule has 0 saturated heterocycles. The van der Waals surface area contributed by atoms with Crippen molar-refractivity contribution in [3.05, 3.63) is 79.1 Å². The Hall–Kier alpha value is -3.80. The zero-order valence-electron chi connectivity index (χ0n) is 15.3.